The standard InChI is InChI=1S/C16H16N6OS2/c1-3-18-15-21-22-16(25-15)24-9(2)13(23)10(8-17)14-19-11-6-4-5-7-12(11)20-14/h4-7,9,23H,3H2,1-2H3,(H,18,21)(H,19,20). The van der Waals surface area contributed by atoms with Crippen molar-refractivity contribution in [2.75, 3.05) is 11.9 Å². The summed E-state index contributed by atoms with van der Waals surface area (Å²) in [6, 6.07) is 9.53. The SMILES string of the molecule is CCNc1nnc(SC(C)C(O)=C(C#N)c2nc3ccccc3[nH]2)s1. The number of rotatable bonds is 6. The van der Waals surface area contributed by atoms with E-state index in [4.69, 9.17) is 0 Å². The predicted molar refractivity (Wildman–Crippen MR) is 101 cm³/mol. The highest BCUT2D eigenvalue weighted by Crippen LogP contribution is 2.33. The number of H-pyrrole nitrogens is 1. The van der Waals surface area contributed by atoms with Crippen molar-refractivity contribution < 1.29 is 5.11 Å². The summed E-state index contributed by atoms with van der Waals surface area (Å²) in [5, 5.41) is 31.6. The van der Waals surface area contributed by atoms with Gasteiger partial charge in [-0.05, 0) is 26.0 Å². The highest BCUT2D eigenvalue weighted by molar-refractivity contribution is 8.01. The van der Waals surface area contributed by atoms with Crippen LogP contribution in [-0.4, -0.2) is 37.1 Å². The Morgan fingerprint density at radius 1 is 1.44 bits per heavy atom. The topological polar surface area (TPSA) is 111 Å². The maximum atomic E-state index is 10.5. The molecule has 7 nitrogen and oxygen atoms in total. The number of aliphatic hydroxyl groups excluding tert-OH is 1. The molecule has 3 N–H and O–H groups in total. The summed E-state index contributed by atoms with van der Waals surface area (Å²) in [6.07, 6.45) is 0. The number of allylic oxidation sites excluding steroid dienone is 1. The molecule has 0 aliphatic heterocycles. The minimum Gasteiger partial charge on any atom is -0.510 e. The number of aliphatic hydroxyl groups is 1. The molecule has 1 atom stereocenters. The van der Waals surface area contributed by atoms with Gasteiger partial charge in [0.25, 0.3) is 0 Å². The minimum atomic E-state index is -0.356. The number of para-hydroxylation sites is 2. The van der Waals surface area contributed by atoms with Crippen LogP contribution < -0.4 is 5.32 Å². The maximum absolute atomic E-state index is 10.5. The van der Waals surface area contributed by atoms with Crippen molar-refractivity contribution in [3.05, 3.63) is 35.8 Å². The average molecular weight is 372 g/mol. The molecule has 2 heterocycles. The Labute approximate surface area is 152 Å². The molecule has 0 radical (unpaired) electrons. The second-order valence-electron chi connectivity index (χ2n) is 5.14. The van der Waals surface area contributed by atoms with Gasteiger partial charge in [-0.2, -0.15) is 5.26 Å². The molecule has 0 aliphatic carbocycles. The van der Waals surface area contributed by atoms with E-state index in [0.717, 1.165) is 27.0 Å². The van der Waals surface area contributed by atoms with Crippen LogP contribution in [0.25, 0.3) is 16.6 Å². The Balaban J connectivity index is 1.85. The van der Waals surface area contributed by atoms with E-state index < -0.39 is 0 Å². The zero-order chi connectivity index (χ0) is 17.8. The third kappa shape index (κ3) is 3.75. The molecule has 0 saturated carbocycles. The Kier molecular flexibility index (Phi) is 5.21. The number of anilines is 1. The number of imidazole rings is 1. The lowest BCUT2D eigenvalue weighted by Gasteiger charge is -2.09. The molecule has 0 amide bonds. The Morgan fingerprint density at radius 2 is 2.24 bits per heavy atom. The van der Waals surface area contributed by atoms with Gasteiger partial charge >= 0.3 is 0 Å². The van der Waals surface area contributed by atoms with Crippen LogP contribution in [0.5, 0.6) is 0 Å². The van der Waals surface area contributed by atoms with E-state index in [9.17, 15) is 10.4 Å². The normalized spacial score (nSPS) is 13.3. The van der Waals surface area contributed by atoms with Gasteiger partial charge in [-0.15, -0.1) is 10.2 Å². The first-order valence-corrected chi connectivity index (χ1v) is 9.34. The quantitative estimate of drug-likeness (QED) is 0.343. The number of hydrogen-bond acceptors (Lipinski definition) is 8. The monoisotopic (exact) mass is 372 g/mol. The van der Waals surface area contributed by atoms with Gasteiger partial charge in [0.2, 0.25) is 5.13 Å². The van der Waals surface area contributed by atoms with Gasteiger partial charge in [-0.1, -0.05) is 35.2 Å². The van der Waals surface area contributed by atoms with E-state index in [1.165, 1.54) is 23.1 Å². The number of aromatic amines is 1. The molecule has 3 rings (SSSR count). The van der Waals surface area contributed by atoms with Crippen molar-refractivity contribution in [1.82, 2.24) is 20.2 Å². The van der Waals surface area contributed by atoms with Gasteiger partial charge in [0.05, 0.1) is 16.3 Å². The highest BCUT2D eigenvalue weighted by atomic mass is 32.2. The van der Waals surface area contributed by atoms with Crippen LogP contribution in [0.3, 0.4) is 0 Å². The first-order valence-electron chi connectivity index (χ1n) is 7.64. The molecule has 1 unspecified atom stereocenters. The van der Waals surface area contributed by atoms with Crippen LogP contribution in [0.4, 0.5) is 5.13 Å². The minimum absolute atomic E-state index is 0.0354. The fraction of sp³-hybridized carbons (Fsp3) is 0.250. The number of nitrogens with zero attached hydrogens (tertiary/aromatic N) is 4. The van der Waals surface area contributed by atoms with Crippen molar-refractivity contribution >= 4 is 44.8 Å². The molecular formula is C16H16N6OS2. The summed E-state index contributed by atoms with van der Waals surface area (Å²) < 4.78 is 0.719. The summed E-state index contributed by atoms with van der Waals surface area (Å²) in [5.74, 6) is 0.325. The van der Waals surface area contributed by atoms with Gasteiger partial charge in [-0.3, -0.25) is 0 Å². The number of thioether (sulfide) groups is 1. The van der Waals surface area contributed by atoms with Gasteiger partial charge in [0, 0.05) is 6.54 Å². The fourth-order valence-electron chi connectivity index (χ4n) is 2.19. The second kappa shape index (κ2) is 7.55. The Morgan fingerprint density at radius 3 is 2.96 bits per heavy atom. The van der Waals surface area contributed by atoms with Crippen LogP contribution in [0.2, 0.25) is 0 Å². The molecule has 1 aromatic carbocycles. The summed E-state index contributed by atoms with van der Waals surface area (Å²) in [5.41, 5.74) is 1.70. The van der Waals surface area contributed by atoms with Crippen molar-refractivity contribution in [2.45, 2.75) is 23.4 Å². The zero-order valence-corrected chi connectivity index (χ0v) is 15.3. The van der Waals surface area contributed by atoms with Crippen LogP contribution in [0.15, 0.2) is 34.4 Å². The number of fused-ring (bicyclic) bond motifs is 1. The maximum Gasteiger partial charge on any atom is 0.206 e. The van der Waals surface area contributed by atoms with Crippen LogP contribution in [0, 0.1) is 11.3 Å². The largest absolute Gasteiger partial charge is 0.510 e. The van der Waals surface area contributed by atoms with E-state index in [0.29, 0.717) is 5.82 Å². The summed E-state index contributed by atoms with van der Waals surface area (Å²) >= 11 is 2.76. The average Bonchev–Trinajstić information content (AvgIpc) is 3.22. The first-order chi connectivity index (χ1) is 12.1. The van der Waals surface area contributed by atoms with Crippen molar-refractivity contribution in [2.24, 2.45) is 0 Å². The predicted octanol–water partition coefficient (Wildman–Crippen LogP) is 3.82. The van der Waals surface area contributed by atoms with Gasteiger partial charge < -0.3 is 15.4 Å². The van der Waals surface area contributed by atoms with E-state index >= 15 is 0 Å². The molecule has 9 heteroatoms. The number of nitrogens with one attached hydrogen (secondary N) is 2. The third-order valence-corrected chi connectivity index (χ3v) is 5.47. The second-order valence-corrected chi connectivity index (χ2v) is 7.70. The van der Waals surface area contributed by atoms with Crippen molar-refractivity contribution in [3.63, 3.8) is 0 Å². The Bertz CT molecular complexity index is 922. The van der Waals surface area contributed by atoms with Crippen LogP contribution in [-0.2, 0) is 0 Å². The number of benzene rings is 1. The molecule has 128 valence electrons. The lowest BCUT2D eigenvalue weighted by molar-refractivity contribution is 0.402. The fourth-order valence-corrected chi connectivity index (χ4v) is 4.22. The summed E-state index contributed by atoms with van der Waals surface area (Å²) in [6.45, 7) is 4.57. The number of nitriles is 1. The molecule has 0 spiro atoms. The van der Waals surface area contributed by atoms with Crippen molar-refractivity contribution in [3.8, 4) is 6.07 Å². The number of aromatic nitrogens is 4. The summed E-state index contributed by atoms with van der Waals surface area (Å²) in [4.78, 5) is 7.45. The Hall–Kier alpha value is -2.57. The zero-order valence-electron chi connectivity index (χ0n) is 13.6. The molecular weight excluding hydrogens is 356 g/mol. The molecule has 0 aliphatic rings. The van der Waals surface area contributed by atoms with E-state index in [1.54, 1.807) is 0 Å². The molecule has 25 heavy (non-hydrogen) atoms. The smallest absolute Gasteiger partial charge is 0.206 e. The van der Waals surface area contributed by atoms with Gasteiger partial charge in [-0.25, -0.2) is 4.98 Å². The molecule has 0 bridgehead atoms. The lowest BCUT2D eigenvalue weighted by atomic mass is 10.2. The molecule has 0 saturated heterocycles. The van der Waals surface area contributed by atoms with E-state index in [2.05, 4.69) is 25.5 Å². The molecule has 3 aromatic rings. The summed E-state index contributed by atoms with van der Waals surface area (Å²) in [7, 11) is 0. The molecule has 0 fully saturated rings. The van der Waals surface area contributed by atoms with Gasteiger partial charge in [0.1, 0.15) is 17.4 Å². The van der Waals surface area contributed by atoms with Crippen LogP contribution >= 0.6 is 23.1 Å². The first kappa shape index (κ1) is 17.3. The highest BCUT2D eigenvalue weighted by Gasteiger charge is 2.20. The van der Waals surface area contributed by atoms with Crippen molar-refractivity contribution in [1.29, 1.82) is 5.26 Å². The molecule has 2 aromatic heterocycles. The van der Waals surface area contributed by atoms with E-state index in [1.807, 2.05) is 44.2 Å². The van der Waals surface area contributed by atoms with Crippen LogP contribution in [0.1, 0.15) is 19.7 Å². The van der Waals surface area contributed by atoms with E-state index in [-0.39, 0.29) is 16.6 Å². The number of hydrogen-bond donors (Lipinski definition) is 3. The third-order valence-electron chi connectivity index (χ3n) is 3.39. The van der Waals surface area contributed by atoms with Gasteiger partial charge in [0.15, 0.2) is 10.2 Å². The lowest BCUT2D eigenvalue weighted by Crippen LogP contribution is -2.04.